The third kappa shape index (κ3) is 5.41. The van der Waals surface area contributed by atoms with Crippen molar-refractivity contribution in [3.63, 3.8) is 0 Å². The smallest absolute Gasteiger partial charge is 0.183 e. The molecule has 2 heterocycles. The predicted octanol–water partition coefficient (Wildman–Crippen LogP) is 2.89. The van der Waals surface area contributed by atoms with Gasteiger partial charge in [-0.05, 0) is 51.0 Å². The molecule has 0 unspecified atom stereocenters. The van der Waals surface area contributed by atoms with E-state index in [1.54, 1.807) is 12.1 Å². The molecule has 2 aromatic rings. The van der Waals surface area contributed by atoms with Crippen LogP contribution in [0.1, 0.15) is 26.0 Å². The van der Waals surface area contributed by atoms with Crippen molar-refractivity contribution in [2.24, 2.45) is 0 Å². The number of nitrogens with two attached hydrogens (primary N) is 2. The minimum Gasteiger partial charge on any atom is -0.399 e. The highest BCUT2D eigenvalue weighted by atomic mass is 32.2. The number of hydrogen-bond donors (Lipinski definition) is 2. The highest BCUT2D eigenvalue weighted by Crippen LogP contribution is 2.35. The maximum atomic E-state index is 12.7. The van der Waals surface area contributed by atoms with Crippen LogP contribution < -0.4 is 11.5 Å². The van der Waals surface area contributed by atoms with Crippen molar-refractivity contribution in [3.8, 4) is 10.4 Å². The van der Waals surface area contributed by atoms with Crippen LogP contribution in [0.3, 0.4) is 0 Å². The molecule has 0 bridgehead atoms. The molecule has 4 N–H and O–H groups in total. The lowest BCUT2D eigenvalue weighted by molar-refractivity contribution is 0.162. The van der Waals surface area contributed by atoms with Gasteiger partial charge < -0.3 is 20.9 Å². The molecule has 7 nitrogen and oxygen atoms in total. The topological polar surface area (TPSA) is 118 Å². The first kappa shape index (κ1) is 21.6. The van der Waals surface area contributed by atoms with Crippen LogP contribution in [-0.4, -0.2) is 45.1 Å². The molecule has 0 spiro atoms. The first-order valence-electron chi connectivity index (χ1n) is 8.82. The van der Waals surface area contributed by atoms with Gasteiger partial charge in [0.1, 0.15) is 0 Å². The van der Waals surface area contributed by atoms with E-state index in [0.717, 1.165) is 29.3 Å². The van der Waals surface area contributed by atoms with Gasteiger partial charge in [-0.1, -0.05) is 11.3 Å². The van der Waals surface area contributed by atoms with E-state index < -0.39 is 15.1 Å². The fraction of sp³-hybridized carbons (Fsp3) is 0.500. The van der Waals surface area contributed by atoms with E-state index in [2.05, 4.69) is 4.98 Å². The predicted molar refractivity (Wildman–Crippen MR) is 110 cm³/mol. The zero-order chi connectivity index (χ0) is 20.0. The molecule has 1 aliphatic rings. The normalized spacial score (nSPS) is 16.8. The second kappa shape index (κ2) is 9.50. The standard InChI is InChI=1S/C14H17N3O3S2.C4H10O/c1-8-13(21-14(16)17-8)9-4-10(15)6-12(5-9)22(18,19)11-2-3-20-7-11;1-3-5-4-2/h4-6,11H,2-3,7,15H2,1H3,(H2,16,17);3-4H2,1-2H3/t11-;/m1./s1. The van der Waals surface area contributed by atoms with Gasteiger partial charge in [0.2, 0.25) is 0 Å². The van der Waals surface area contributed by atoms with E-state index in [9.17, 15) is 8.42 Å². The fourth-order valence-electron chi connectivity index (χ4n) is 2.76. The van der Waals surface area contributed by atoms with Crippen LogP contribution in [0, 0.1) is 6.92 Å². The largest absolute Gasteiger partial charge is 0.399 e. The molecule has 0 amide bonds. The summed E-state index contributed by atoms with van der Waals surface area (Å²) in [5.41, 5.74) is 13.5. The number of benzene rings is 1. The van der Waals surface area contributed by atoms with Crippen molar-refractivity contribution in [2.45, 2.75) is 37.3 Å². The van der Waals surface area contributed by atoms with Crippen LogP contribution in [0.25, 0.3) is 10.4 Å². The lowest BCUT2D eigenvalue weighted by Crippen LogP contribution is -2.21. The summed E-state index contributed by atoms with van der Waals surface area (Å²) in [4.78, 5) is 5.24. The average Bonchev–Trinajstić information content (AvgIpc) is 3.25. The minimum atomic E-state index is -3.45. The van der Waals surface area contributed by atoms with E-state index in [-0.39, 0.29) is 11.5 Å². The molecule has 1 atom stereocenters. The molecule has 1 fully saturated rings. The van der Waals surface area contributed by atoms with Gasteiger partial charge in [-0.3, -0.25) is 0 Å². The summed E-state index contributed by atoms with van der Waals surface area (Å²) in [6, 6.07) is 4.88. The zero-order valence-corrected chi connectivity index (χ0v) is 17.5. The number of anilines is 2. The molecule has 3 rings (SSSR count). The molecule has 0 aliphatic carbocycles. The number of aromatic nitrogens is 1. The molecule has 9 heteroatoms. The number of hydrogen-bond acceptors (Lipinski definition) is 8. The van der Waals surface area contributed by atoms with Crippen molar-refractivity contribution < 1.29 is 17.9 Å². The Hall–Kier alpha value is -1.68. The first-order chi connectivity index (χ1) is 12.8. The summed E-state index contributed by atoms with van der Waals surface area (Å²) in [5, 5.41) is -0.0571. The molecular formula is C18H27N3O4S2. The number of nitrogens with zero attached hydrogens (tertiary/aromatic N) is 1. The van der Waals surface area contributed by atoms with Crippen molar-refractivity contribution in [3.05, 3.63) is 23.9 Å². The molecular weight excluding hydrogens is 386 g/mol. The van der Waals surface area contributed by atoms with E-state index in [4.69, 9.17) is 20.9 Å². The SMILES string of the molecule is CCOCC.Cc1nc(N)sc1-c1cc(N)cc(S(=O)(=O)[C@@H]2CCOC2)c1. The van der Waals surface area contributed by atoms with Crippen LogP contribution in [0.2, 0.25) is 0 Å². The molecule has 1 saturated heterocycles. The van der Waals surface area contributed by atoms with E-state index in [0.29, 0.717) is 23.8 Å². The van der Waals surface area contributed by atoms with Gasteiger partial charge in [0.25, 0.3) is 0 Å². The van der Waals surface area contributed by atoms with Crippen LogP contribution in [0.4, 0.5) is 10.8 Å². The number of sulfone groups is 1. The van der Waals surface area contributed by atoms with Gasteiger partial charge in [0, 0.05) is 25.5 Å². The average molecular weight is 414 g/mol. The summed E-state index contributed by atoms with van der Waals surface area (Å²) in [6.07, 6.45) is 0.513. The molecule has 27 heavy (non-hydrogen) atoms. The Kier molecular flexibility index (Phi) is 7.60. The molecule has 0 radical (unpaired) electrons. The Morgan fingerprint density at radius 3 is 2.44 bits per heavy atom. The van der Waals surface area contributed by atoms with Gasteiger partial charge in [-0.15, -0.1) is 0 Å². The Labute approximate surface area is 164 Å². The summed E-state index contributed by atoms with van der Waals surface area (Å²) in [6.45, 7) is 8.22. The second-order valence-electron chi connectivity index (χ2n) is 6.07. The lowest BCUT2D eigenvalue weighted by atomic mass is 10.1. The van der Waals surface area contributed by atoms with Crippen molar-refractivity contribution >= 4 is 32.0 Å². The Bertz CT molecular complexity index is 857. The van der Waals surface area contributed by atoms with Crippen molar-refractivity contribution in [1.82, 2.24) is 4.98 Å². The third-order valence-electron chi connectivity index (χ3n) is 4.07. The van der Waals surface area contributed by atoms with E-state index >= 15 is 0 Å². The summed E-state index contributed by atoms with van der Waals surface area (Å²) >= 11 is 1.32. The van der Waals surface area contributed by atoms with Crippen LogP contribution >= 0.6 is 11.3 Å². The lowest BCUT2D eigenvalue weighted by Gasteiger charge is -2.12. The summed E-state index contributed by atoms with van der Waals surface area (Å²) < 4.78 is 35.4. The third-order valence-corrected chi connectivity index (χ3v) is 7.25. The quantitative estimate of drug-likeness (QED) is 0.724. The zero-order valence-electron chi connectivity index (χ0n) is 15.9. The van der Waals surface area contributed by atoms with Crippen molar-refractivity contribution in [2.75, 3.05) is 37.9 Å². The molecule has 150 valence electrons. The summed E-state index contributed by atoms with van der Waals surface area (Å²) in [7, 11) is -3.45. The van der Waals surface area contributed by atoms with Gasteiger partial charge >= 0.3 is 0 Å². The maximum Gasteiger partial charge on any atom is 0.183 e. The Balaban J connectivity index is 0.000000465. The second-order valence-corrected chi connectivity index (χ2v) is 9.33. The molecule has 0 saturated carbocycles. The highest BCUT2D eigenvalue weighted by Gasteiger charge is 2.31. The highest BCUT2D eigenvalue weighted by molar-refractivity contribution is 7.92. The number of nitrogen functional groups attached to an aromatic ring is 2. The number of rotatable bonds is 5. The van der Waals surface area contributed by atoms with Crippen LogP contribution in [0.5, 0.6) is 0 Å². The number of aryl methyl sites for hydroxylation is 1. The van der Waals surface area contributed by atoms with E-state index in [1.165, 1.54) is 17.4 Å². The monoisotopic (exact) mass is 413 g/mol. The Morgan fingerprint density at radius 2 is 1.96 bits per heavy atom. The van der Waals surface area contributed by atoms with Crippen molar-refractivity contribution in [1.29, 1.82) is 0 Å². The van der Waals surface area contributed by atoms with Gasteiger partial charge in [0.15, 0.2) is 15.0 Å². The molecule has 1 aromatic heterocycles. The maximum absolute atomic E-state index is 12.7. The van der Waals surface area contributed by atoms with E-state index in [1.807, 2.05) is 20.8 Å². The summed E-state index contributed by atoms with van der Waals surface area (Å²) in [5.74, 6) is 0. The number of thiazole rings is 1. The number of ether oxygens (including phenoxy) is 2. The van der Waals surface area contributed by atoms with Gasteiger partial charge in [-0.25, -0.2) is 13.4 Å². The Morgan fingerprint density at radius 1 is 1.26 bits per heavy atom. The van der Waals surface area contributed by atoms with Gasteiger partial charge in [-0.2, -0.15) is 0 Å². The fourth-order valence-corrected chi connectivity index (χ4v) is 5.24. The first-order valence-corrected chi connectivity index (χ1v) is 11.2. The molecule has 1 aliphatic heterocycles. The minimum absolute atomic E-state index is 0.226. The van der Waals surface area contributed by atoms with Crippen LogP contribution in [-0.2, 0) is 19.3 Å². The molecule has 1 aromatic carbocycles. The van der Waals surface area contributed by atoms with Gasteiger partial charge in [0.05, 0.1) is 27.3 Å². The van der Waals surface area contributed by atoms with Crippen LogP contribution in [0.15, 0.2) is 23.1 Å².